The Morgan fingerprint density at radius 3 is 2.78 bits per heavy atom. The van der Waals surface area contributed by atoms with E-state index in [0.717, 1.165) is 12.8 Å². The Labute approximate surface area is 135 Å². The zero-order chi connectivity index (χ0) is 16.9. The number of hydrogen-bond donors (Lipinski definition) is 1. The van der Waals surface area contributed by atoms with Crippen LogP contribution in [-0.2, 0) is 20.9 Å². The van der Waals surface area contributed by atoms with Crippen molar-refractivity contribution < 1.29 is 18.7 Å². The van der Waals surface area contributed by atoms with E-state index in [0.29, 0.717) is 18.7 Å². The van der Waals surface area contributed by atoms with Crippen LogP contribution in [0.15, 0.2) is 24.3 Å². The number of rotatable bonds is 6. The lowest BCUT2D eigenvalue weighted by Crippen LogP contribution is -2.52. The molecule has 0 radical (unpaired) electrons. The number of carbonyl (C=O) groups excluding carboxylic acids is 2. The molecule has 0 bridgehead atoms. The van der Waals surface area contributed by atoms with Crippen LogP contribution in [0, 0.1) is 5.82 Å². The minimum Gasteiger partial charge on any atom is -0.382 e. The molecule has 5 nitrogen and oxygen atoms in total. The molecule has 1 aliphatic rings. The van der Waals surface area contributed by atoms with E-state index in [-0.39, 0.29) is 30.6 Å². The lowest BCUT2D eigenvalue weighted by Gasteiger charge is -2.37. The molecule has 1 saturated heterocycles. The molecule has 1 atom stereocenters. The van der Waals surface area contributed by atoms with Crippen molar-refractivity contribution in [1.29, 1.82) is 0 Å². The summed E-state index contributed by atoms with van der Waals surface area (Å²) < 4.78 is 18.8. The lowest BCUT2D eigenvalue weighted by atomic mass is 9.92. The largest absolute Gasteiger partial charge is 0.382 e. The van der Waals surface area contributed by atoms with E-state index in [1.165, 1.54) is 13.0 Å². The third-order valence-electron chi connectivity index (χ3n) is 4.31. The first-order valence-corrected chi connectivity index (χ1v) is 7.76. The van der Waals surface area contributed by atoms with E-state index >= 15 is 0 Å². The minimum atomic E-state index is -0.597. The highest BCUT2D eigenvalue weighted by Gasteiger charge is 2.44. The molecule has 1 aromatic rings. The van der Waals surface area contributed by atoms with Crippen molar-refractivity contribution in [2.24, 2.45) is 0 Å². The maximum atomic E-state index is 13.6. The fraction of sp³-hybridized carbons (Fsp3) is 0.529. The Balaban J connectivity index is 2.01. The van der Waals surface area contributed by atoms with Gasteiger partial charge in [0.05, 0.1) is 18.6 Å². The van der Waals surface area contributed by atoms with Crippen LogP contribution in [0.3, 0.4) is 0 Å². The van der Waals surface area contributed by atoms with E-state index in [1.807, 2.05) is 0 Å². The molecule has 1 N–H and O–H groups in total. The number of nitrogens with zero attached hydrogens (tertiary/aromatic N) is 1. The van der Waals surface area contributed by atoms with Gasteiger partial charge < -0.3 is 15.0 Å². The zero-order valence-electron chi connectivity index (χ0n) is 13.6. The van der Waals surface area contributed by atoms with Crippen molar-refractivity contribution in [2.75, 3.05) is 20.3 Å². The summed E-state index contributed by atoms with van der Waals surface area (Å²) in [6.45, 7) is 2.60. The van der Waals surface area contributed by atoms with Crippen molar-refractivity contribution in [1.82, 2.24) is 10.2 Å². The number of likely N-dealkylation sites (tertiary alicyclic amines) is 1. The van der Waals surface area contributed by atoms with Crippen LogP contribution in [0.25, 0.3) is 0 Å². The highest BCUT2D eigenvalue weighted by Crippen LogP contribution is 2.33. The number of methoxy groups -OCH3 is 1. The highest BCUT2D eigenvalue weighted by molar-refractivity contribution is 5.80. The predicted molar refractivity (Wildman–Crippen MR) is 84.1 cm³/mol. The summed E-state index contributed by atoms with van der Waals surface area (Å²) in [5.74, 6) is -0.606. The SMILES string of the molecule is COC[C@]1(CC(=O)NCc2ccccc2F)CCCN1C(C)=O. The van der Waals surface area contributed by atoms with Gasteiger partial charge in [0, 0.05) is 32.7 Å². The Hall–Kier alpha value is -1.95. The van der Waals surface area contributed by atoms with E-state index in [9.17, 15) is 14.0 Å². The van der Waals surface area contributed by atoms with Crippen molar-refractivity contribution in [2.45, 2.75) is 38.3 Å². The summed E-state index contributed by atoms with van der Waals surface area (Å²) in [6, 6.07) is 6.34. The molecule has 6 heteroatoms. The van der Waals surface area contributed by atoms with Gasteiger partial charge in [-0.3, -0.25) is 9.59 Å². The number of nitrogens with one attached hydrogen (secondary N) is 1. The third kappa shape index (κ3) is 4.07. The number of benzene rings is 1. The lowest BCUT2D eigenvalue weighted by molar-refractivity contribution is -0.137. The van der Waals surface area contributed by atoms with Gasteiger partial charge in [-0.05, 0) is 18.9 Å². The average Bonchev–Trinajstić information content (AvgIpc) is 2.90. The van der Waals surface area contributed by atoms with Gasteiger partial charge in [0.1, 0.15) is 5.82 Å². The van der Waals surface area contributed by atoms with E-state index in [2.05, 4.69) is 5.32 Å². The highest BCUT2D eigenvalue weighted by atomic mass is 19.1. The van der Waals surface area contributed by atoms with Gasteiger partial charge >= 0.3 is 0 Å². The summed E-state index contributed by atoms with van der Waals surface area (Å²) >= 11 is 0. The number of hydrogen-bond acceptors (Lipinski definition) is 3. The first-order chi connectivity index (χ1) is 11.0. The summed E-state index contributed by atoms with van der Waals surface area (Å²) in [6.07, 6.45) is 1.74. The predicted octanol–water partition coefficient (Wildman–Crippen LogP) is 1.86. The maximum Gasteiger partial charge on any atom is 0.222 e. The second-order valence-corrected chi connectivity index (χ2v) is 5.98. The second kappa shape index (κ2) is 7.55. The van der Waals surface area contributed by atoms with Gasteiger partial charge in [0.2, 0.25) is 11.8 Å². The van der Waals surface area contributed by atoms with Crippen LogP contribution in [0.2, 0.25) is 0 Å². The normalized spacial score (nSPS) is 20.6. The smallest absolute Gasteiger partial charge is 0.222 e. The van der Waals surface area contributed by atoms with Crippen LogP contribution in [0.1, 0.15) is 31.7 Å². The van der Waals surface area contributed by atoms with Gasteiger partial charge in [-0.1, -0.05) is 18.2 Å². The van der Waals surface area contributed by atoms with Gasteiger partial charge in [-0.2, -0.15) is 0 Å². The Morgan fingerprint density at radius 1 is 1.39 bits per heavy atom. The Kier molecular flexibility index (Phi) is 5.71. The molecule has 0 aromatic heterocycles. The molecule has 1 aliphatic heterocycles. The van der Waals surface area contributed by atoms with Crippen LogP contribution >= 0.6 is 0 Å². The molecule has 1 aromatic carbocycles. The number of amides is 2. The standard InChI is InChI=1S/C17H23FN2O3/c1-13(21)20-9-5-8-17(20,12-23-2)10-16(22)19-11-14-6-3-4-7-15(14)18/h3-4,6-7H,5,8-12H2,1-2H3,(H,19,22)/t17-/m1/s1. The molecular formula is C17H23FN2O3. The molecule has 0 aliphatic carbocycles. The molecule has 1 heterocycles. The van der Waals surface area contributed by atoms with E-state index in [4.69, 9.17) is 4.74 Å². The van der Waals surface area contributed by atoms with Crippen LogP contribution in [0.5, 0.6) is 0 Å². The zero-order valence-corrected chi connectivity index (χ0v) is 13.6. The monoisotopic (exact) mass is 322 g/mol. The number of carbonyl (C=O) groups is 2. The average molecular weight is 322 g/mol. The van der Waals surface area contributed by atoms with Crippen molar-refractivity contribution >= 4 is 11.8 Å². The molecule has 0 saturated carbocycles. The molecule has 0 spiro atoms. The van der Waals surface area contributed by atoms with Gasteiger partial charge in [0.15, 0.2) is 0 Å². The number of ether oxygens (including phenoxy) is 1. The fourth-order valence-electron chi connectivity index (χ4n) is 3.28. The first kappa shape index (κ1) is 17.4. The van der Waals surface area contributed by atoms with Crippen molar-refractivity contribution in [3.8, 4) is 0 Å². The molecule has 23 heavy (non-hydrogen) atoms. The molecule has 126 valence electrons. The van der Waals surface area contributed by atoms with E-state index in [1.54, 1.807) is 30.2 Å². The maximum absolute atomic E-state index is 13.6. The molecule has 1 fully saturated rings. The summed E-state index contributed by atoms with van der Waals surface area (Å²) in [5, 5.41) is 2.74. The Morgan fingerprint density at radius 2 is 2.13 bits per heavy atom. The van der Waals surface area contributed by atoms with Crippen LogP contribution in [-0.4, -0.2) is 42.5 Å². The molecule has 0 unspecified atom stereocenters. The quantitative estimate of drug-likeness (QED) is 0.870. The van der Waals surface area contributed by atoms with Gasteiger partial charge in [-0.25, -0.2) is 4.39 Å². The summed E-state index contributed by atoms with van der Waals surface area (Å²) in [4.78, 5) is 25.9. The molecule has 2 amide bonds. The summed E-state index contributed by atoms with van der Waals surface area (Å²) in [7, 11) is 1.57. The molecular weight excluding hydrogens is 299 g/mol. The van der Waals surface area contributed by atoms with Gasteiger partial charge in [-0.15, -0.1) is 0 Å². The van der Waals surface area contributed by atoms with Crippen molar-refractivity contribution in [3.05, 3.63) is 35.6 Å². The number of halogens is 1. The molecule has 2 rings (SSSR count). The van der Waals surface area contributed by atoms with Crippen LogP contribution in [0.4, 0.5) is 4.39 Å². The minimum absolute atomic E-state index is 0.0542. The first-order valence-electron chi connectivity index (χ1n) is 7.76. The van der Waals surface area contributed by atoms with Crippen LogP contribution < -0.4 is 5.32 Å². The van der Waals surface area contributed by atoms with Gasteiger partial charge in [0.25, 0.3) is 0 Å². The van der Waals surface area contributed by atoms with Crippen molar-refractivity contribution in [3.63, 3.8) is 0 Å². The summed E-state index contributed by atoms with van der Waals surface area (Å²) in [5.41, 5.74) is -0.156. The Bertz CT molecular complexity index is 579. The van der Waals surface area contributed by atoms with E-state index < -0.39 is 5.54 Å². The second-order valence-electron chi connectivity index (χ2n) is 5.98. The topological polar surface area (TPSA) is 58.6 Å². The third-order valence-corrected chi connectivity index (χ3v) is 4.31. The fourth-order valence-corrected chi connectivity index (χ4v) is 3.28.